The number of amides is 1. The van der Waals surface area contributed by atoms with Crippen molar-refractivity contribution in [3.8, 4) is 0 Å². The Morgan fingerprint density at radius 1 is 1.33 bits per heavy atom. The number of hydrogen-bond donors (Lipinski definition) is 2. The van der Waals surface area contributed by atoms with E-state index in [0.29, 0.717) is 11.7 Å². The highest BCUT2D eigenvalue weighted by atomic mass is 16.6. The first-order valence-electron chi connectivity index (χ1n) is 6.00. The Labute approximate surface area is 108 Å². The van der Waals surface area contributed by atoms with E-state index in [9.17, 15) is 4.79 Å². The number of ether oxygens (including phenoxy) is 1. The molecule has 0 aliphatic rings. The molecular weight excluding hydrogens is 230 g/mol. The maximum atomic E-state index is 11.4. The van der Waals surface area contributed by atoms with Crippen LogP contribution in [0.5, 0.6) is 0 Å². The van der Waals surface area contributed by atoms with Crippen LogP contribution in [0.15, 0.2) is 18.2 Å². The maximum absolute atomic E-state index is 11.4. The quantitative estimate of drug-likeness (QED) is 0.810. The van der Waals surface area contributed by atoms with Gasteiger partial charge >= 0.3 is 6.09 Å². The Morgan fingerprint density at radius 2 is 2.00 bits per heavy atom. The van der Waals surface area contributed by atoms with E-state index in [1.165, 1.54) is 0 Å². The average molecular weight is 251 g/mol. The zero-order valence-corrected chi connectivity index (χ0v) is 11.6. The van der Waals surface area contributed by atoms with Crippen molar-refractivity contribution < 1.29 is 9.53 Å². The lowest BCUT2D eigenvalue weighted by Gasteiger charge is -2.20. The summed E-state index contributed by atoms with van der Waals surface area (Å²) in [4.78, 5) is 15.8. The van der Waals surface area contributed by atoms with Gasteiger partial charge in [0.25, 0.3) is 0 Å². The third-order valence-electron chi connectivity index (χ3n) is 2.05. The van der Waals surface area contributed by atoms with Gasteiger partial charge in [-0.2, -0.15) is 0 Å². The van der Waals surface area contributed by atoms with Crippen LogP contribution in [0.1, 0.15) is 46.2 Å². The number of hydrogen-bond acceptors (Lipinski definition) is 4. The first-order chi connectivity index (χ1) is 8.28. The zero-order valence-electron chi connectivity index (χ0n) is 11.6. The molecular formula is C13H21N3O2. The van der Waals surface area contributed by atoms with Gasteiger partial charge in [0, 0.05) is 5.69 Å². The molecule has 1 aromatic rings. The topological polar surface area (TPSA) is 63.2 Å². The molecule has 5 nitrogen and oxygen atoms in total. The molecule has 0 radical (unpaired) electrons. The van der Waals surface area contributed by atoms with Crippen molar-refractivity contribution in [2.24, 2.45) is 0 Å². The van der Waals surface area contributed by atoms with Crippen LogP contribution in [-0.4, -0.2) is 16.7 Å². The minimum absolute atomic E-state index is 0.341. The van der Waals surface area contributed by atoms with Crippen LogP contribution in [0.3, 0.4) is 0 Å². The smallest absolute Gasteiger partial charge is 0.426 e. The molecule has 1 amide bonds. The average Bonchev–Trinajstić information content (AvgIpc) is 2.24. The summed E-state index contributed by atoms with van der Waals surface area (Å²) in [5.74, 6) is 0.931. The van der Waals surface area contributed by atoms with Crippen LogP contribution in [0, 0.1) is 0 Å². The van der Waals surface area contributed by atoms with Crippen LogP contribution in [0.2, 0.25) is 0 Å². The number of carbonyl (C=O) groups excluding carboxylic acids is 1. The molecule has 0 bridgehead atoms. The fourth-order valence-corrected chi connectivity index (χ4v) is 1.26. The van der Waals surface area contributed by atoms with Gasteiger partial charge in [-0.1, -0.05) is 19.9 Å². The standard InChI is InChI=1S/C13H21N3O2/c1-9(2)10-7-6-8-11(14-10)15-16-12(17)18-13(3,4)5/h6-9H,1-5H3,(H,14,15)(H,16,17). The fourth-order valence-electron chi connectivity index (χ4n) is 1.26. The lowest BCUT2D eigenvalue weighted by molar-refractivity contribution is 0.0541. The highest BCUT2D eigenvalue weighted by Gasteiger charge is 2.15. The Hall–Kier alpha value is -1.78. The van der Waals surface area contributed by atoms with E-state index in [-0.39, 0.29) is 0 Å². The maximum Gasteiger partial charge on any atom is 0.426 e. The van der Waals surface area contributed by atoms with Gasteiger partial charge in [-0.05, 0) is 38.8 Å². The van der Waals surface area contributed by atoms with Gasteiger partial charge in [-0.25, -0.2) is 15.2 Å². The second-order valence-corrected chi connectivity index (χ2v) is 5.35. The van der Waals surface area contributed by atoms with Crippen molar-refractivity contribution in [2.45, 2.75) is 46.1 Å². The van der Waals surface area contributed by atoms with Crippen LogP contribution >= 0.6 is 0 Å². The van der Waals surface area contributed by atoms with Gasteiger partial charge in [0.2, 0.25) is 0 Å². The largest absolute Gasteiger partial charge is 0.443 e. The van der Waals surface area contributed by atoms with Crippen molar-refractivity contribution in [3.05, 3.63) is 23.9 Å². The van der Waals surface area contributed by atoms with E-state index in [2.05, 4.69) is 29.7 Å². The summed E-state index contributed by atoms with van der Waals surface area (Å²) in [7, 11) is 0. The predicted molar refractivity (Wildman–Crippen MR) is 71.3 cm³/mol. The Bertz CT molecular complexity index is 411. The highest BCUT2D eigenvalue weighted by molar-refractivity contribution is 5.69. The lowest BCUT2D eigenvalue weighted by Crippen LogP contribution is -2.36. The van der Waals surface area contributed by atoms with Crippen LogP contribution in [-0.2, 0) is 4.74 Å². The monoisotopic (exact) mass is 251 g/mol. The number of pyridine rings is 1. The van der Waals surface area contributed by atoms with Gasteiger partial charge < -0.3 is 4.74 Å². The summed E-state index contributed by atoms with van der Waals surface area (Å²) in [6.45, 7) is 9.56. The molecule has 100 valence electrons. The third kappa shape index (κ3) is 5.03. The molecule has 1 aromatic heterocycles. The van der Waals surface area contributed by atoms with Crippen molar-refractivity contribution in [1.29, 1.82) is 0 Å². The zero-order chi connectivity index (χ0) is 13.8. The van der Waals surface area contributed by atoms with Crippen molar-refractivity contribution >= 4 is 11.9 Å². The minimum atomic E-state index is -0.528. The molecule has 5 heteroatoms. The van der Waals surface area contributed by atoms with Crippen LogP contribution in [0.25, 0.3) is 0 Å². The second-order valence-electron chi connectivity index (χ2n) is 5.35. The summed E-state index contributed by atoms with van der Waals surface area (Å²) in [6, 6.07) is 5.62. The molecule has 18 heavy (non-hydrogen) atoms. The van der Waals surface area contributed by atoms with Gasteiger partial charge in [0.05, 0.1) is 0 Å². The van der Waals surface area contributed by atoms with E-state index < -0.39 is 11.7 Å². The number of aromatic nitrogens is 1. The van der Waals surface area contributed by atoms with E-state index >= 15 is 0 Å². The molecule has 2 N–H and O–H groups in total. The van der Waals surface area contributed by atoms with E-state index in [4.69, 9.17) is 4.74 Å². The Morgan fingerprint density at radius 3 is 2.56 bits per heavy atom. The van der Waals surface area contributed by atoms with Crippen molar-refractivity contribution in [3.63, 3.8) is 0 Å². The van der Waals surface area contributed by atoms with Gasteiger partial charge in [-0.3, -0.25) is 5.43 Å². The molecule has 1 heterocycles. The number of carbonyl (C=O) groups is 1. The predicted octanol–water partition coefficient (Wildman–Crippen LogP) is 3.06. The summed E-state index contributed by atoms with van der Waals surface area (Å²) in [5, 5.41) is 0. The van der Waals surface area contributed by atoms with Gasteiger partial charge in [0.1, 0.15) is 11.4 Å². The molecule has 0 spiro atoms. The van der Waals surface area contributed by atoms with Gasteiger partial charge in [0.15, 0.2) is 0 Å². The summed E-state index contributed by atoms with van der Waals surface area (Å²) < 4.78 is 5.10. The van der Waals surface area contributed by atoms with E-state index in [1.54, 1.807) is 6.07 Å². The SMILES string of the molecule is CC(C)c1cccc(NNC(=O)OC(C)(C)C)n1. The second kappa shape index (κ2) is 5.71. The summed E-state index contributed by atoms with van der Waals surface area (Å²) in [5.41, 5.74) is 5.62. The van der Waals surface area contributed by atoms with Crippen molar-refractivity contribution in [1.82, 2.24) is 10.4 Å². The molecule has 0 aliphatic carbocycles. The molecule has 0 fully saturated rings. The lowest BCUT2D eigenvalue weighted by atomic mass is 10.1. The highest BCUT2D eigenvalue weighted by Crippen LogP contribution is 2.13. The molecule has 0 unspecified atom stereocenters. The molecule has 1 rings (SSSR count). The molecule has 0 saturated heterocycles. The Balaban J connectivity index is 2.53. The molecule has 0 saturated carbocycles. The van der Waals surface area contributed by atoms with Gasteiger partial charge in [-0.15, -0.1) is 0 Å². The van der Waals surface area contributed by atoms with Crippen LogP contribution in [0.4, 0.5) is 10.6 Å². The number of anilines is 1. The number of rotatable bonds is 3. The number of nitrogens with one attached hydrogen (secondary N) is 2. The molecule has 0 atom stereocenters. The number of hydrazine groups is 1. The fraction of sp³-hybridized carbons (Fsp3) is 0.538. The third-order valence-corrected chi connectivity index (χ3v) is 2.05. The normalized spacial score (nSPS) is 11.2. The molecule has 0 aromatic carbocycles. The van der Waals surface area contributed by atoms with Crippen molar-refractivity contribution in [2.75, 3.05) is 5.43 Å². The van der Waals surface area contributed by atoms with E-state index in [1.807, 2.05) is 32.9 Å². The molecule has 0 aliphatic heterocycles. The first kappa shape index (κ1) is 14.3. The summed E-state index contributed by atoms with van der Waals surface area (Å²) in [6.07, 6.45) is -0.528. The van der Waals surface area contributed by atoms with E-state index in [0.717, 1.165) is 5.69 Å². The van der Waals surface area contributed by atoms with Crippen LogP contribution < -0.4 is 10.9 Å². The minimum Gasteiger partial charge on any atom is -0.443 e. The first-order valence-corrected chi connectivity index (χ1v) is 6.00. The summed E-state index contributed by atoms with van der Waals surface area (Å²) >= 11 is 0. The Kier molecular flexibility index (Phi) is 4.53. The number of nitrogens with zero attached hydrogens (tertiary/aromatic N) is 1.